The lowest BCUT2D eigenvalue weighted by molar-refractivity contribution is -0.136. The molecule has 0 saturated carbocycles. The van der Waals surface area contributed by atoms with Crippen LogP contribution >= 0.6 is 0 Å². The molecule has 122 valence electrons. The normalized spacial score (nSPS) is 17.7. The number of hydrogen-bond donors (Lipinski definition) is 1. The quantitative estimate of drug-likeness (QED) is 0.778. The number of aromatic nitrogens is 2. The molecular formula is C16H20N4O3. The van der Waals surface area contributed by atoms with Gasteiger partial charge in [-0.1, -0.05) is 0 Å². The van der Waals surface area contributed by atoms with Crippen LogP contribution in [-0.2, 0) is 22.7 Å². The number of carbonyl (C=O) groups is 2. The highest BCUT2D eigenvalue weighted by Crippen LogP contribution is 2.21. The van der Waals surface area contributed by atoms with E-state index in [4.69, 9.17) is 4.42 Å². The van der Waals surface area contributed by atoms with Crippen molar-refractivity contribution >= 4 is 11.8 Å². The van der Waals surface area contributed by atoms with Gasteiger partial charge < -0.3 is 14.6 Å². The Bertz CT molecular complexity index is 636. The van der Waals surface area contributed by atoms with Gasteiger partial charge >= 0.3 is 0 Å². The van der Waals surface area contributed by atoms with Crippen molar-refractivity contribution in [3.8, 4) is 0 Å². The van der Waals surface area contributed by atoms with Crippen LogP contribution in [0.1, 0.15) is 25.0 Å². The fraction of sp³-hybridized carbons (Fsp3) is 0.438. The summed E-state index contributed by atoms with van der Waals surface area (Å²) in [6.45, 7) is 1.67. The number of carbonyl (C=O) groups excluding carboxylic acids is 2. The lowest BCUT2D eigenvalue weighted by Crippen LogP contribution is -2.44. The average Bonchev–Trinajstić information content (AvgIpc) is 3.28. The maximum atomic E-state index is 12.3. The van der Waals surface area contributed by atoms with Crippen LogP contribution in [0.25, 0.3) is 0 Å². The van der Waals surface area contributed by atoms with Gasteiger partial charge in [0.2, 0.25) is 11.8 Å². The molecular weight excluding hydrogens is 296 g/mol. The lowest BCUT2D eigenvalue weighted by atomic mass is 10.2. The van der Waals surface area contributed by atoms with Crippen LogP contribution in [0, 0.1) is 0 Å². The Morgan fingerprint density at radius 1 is 1.43 bits per heavy atom. The number of nitrogens with zero attached hydrogens (tertiary/aromatic N) is 3. The maximum absolute atomic E-state index is 12.3. The zero-order chi connectivity index (χ0) is 16.1. The molecule has 2 amide bonds. The molecule has 1 saturated heterocycles. The van der Waals surface area contributed by atoms with Gasteiger partial charge in [-0.15, -0.1) is 0 Å². The molecule has 1 atom stereocenters. The van der Waals surface area contributed by atoms with Crippen LogP contribution < -0.4 is 5.32 Å². The highest BCUT2D eigenvalue weighted by Gasteiger charge is 2.36. The highest BCUT2D eigenvalue weighted by molar-refractivity contribution is 5.90. The summed E-state index contributed by atoms with van der Waals surface area (Å²) in [6.07, 6.45) is 6.96. The first-order chi connectivity index (χ1) is 11.2. The summed E-state index contributed by atoms with van der Waals surface area (Å²) < 4.78 is 7.10. The Kier molecular flexibility index (Phi) is 4.75. The van der Waals surface area contributed by atoms with Crippen molar-refractivity contribution in [2.24, 2.45) is 0 Å². The molecule has 1 aliphatic heterocycles. The number of nitrogens with one attached hydrogen (secondary N) is 1. The van der Waals surface area contributed by atoms with Gasteiger partial charge in [-0.2, -0.15) is 5.10 Å². The Morgan fingerprint density at radius 2 is 2.35 bits per heavy atom. The van der Waals surface area contributed by atoms with E-state index in [9.17, 15) is 9.59 Å². The minimum absolute atomic E-state index is 0.00177. The Balaban J connectivity index is 1.48. The molecule has 7 heteroatoms. The van der Waals surface area contributed by atoms with Gasteiger partial charge in [-0.25, -0.2) is 0 Å². The van der Waals surface area contributed by atoms with Gasteiger partial charge in [0.05, 0.1) is 12.8 Å². The van der Waals surface area contributed by atoms with Crippen molar-refractivity contribution in [1.82, 2.24) is 20.0 Å². The molecule has 2 aromatic heterocycles. The minimum Gasteiger partial charge on any atom is -0.467 e. The summed E-state index contributed by atoms with van der Waals surface area (Å²) in [5.74, 6) is 0.595. The summed E-state index contributed by atoms with van der Waals surface area (Å²) >= 11 is 0. The first kappa shape index (κ1) is 15.3. The van der Waals surface area contributed by atoms with Gasteiger partial charge in [0, 0.05) is 31.9 Å². The van der Waals surface area contributed by atoms with Crippen molar-refractivity contribution in [3.63, 3.8) is 0 Å². The lowest BCUT2D eigenvalue weighted by Gasteiger charge is -2.23. The average molecular weight is 316 g/mol. The number of amides is 2. The fourth-order valence-corrected chi connectivity index (χ4v) is 2.78. The number of aryl methyl sites for hydroxylation is 1. The third-order valence-electron chi connectivity index (χ3n) is 3.96. The molecule has 1 aliphatic rings. The van der Waals surface area contributed by atoms with Gasteiger partial charge in [0.1, 0.15) is 11.8 Å². The third-order valence-corrected chi connectivity index (χ3v) is 3.96. The zero-order valence-corrected chi connectivity index (χ0v) is 12.9. The standard InChI is InChI=1S/C16H20N4O3/c21-15-6-5-14(20(15)12-13-4-1-11-23-13)16(22)17-7-2-9-19-10-3-8-18-19/h1,3-4,8,10-11,14H,2,5-7,9,12H2,(H,17,22). The van der Waals surface area contributed by atoms with Crippen molar-refractivity contribution in [1.29, 1.82) is 0 Å². The van der Waals surface area contributed by atoms with Crippen molar-refractivity contribution in [2.75, 3.05) is 6.54 Å². The van der Waals surface area contributed by atoms with E-state index < -0.39 is 6.04 Å². The second-order valence-electron chi connectivity index (χ2n) is 5.57. The van der Waals surface area contributed by atoms with Crippen molar-refractivity contribution in [2.45, 2.75) is 38.4 Å². The molecule has 3 rings (SSSR count). The molecule has 0 aromatic carbocycles. The van der Waals surface area contributed by atoms with Crippen molar-refractivity contribution < 1.29 is 14.0 Å². The van der Waals surface area contributed by atoms with E-state index in [-0.39, 0.29) is 11.8 Å². The second-order valence-corrected chi connectivity index (χ2v) is 5.57. The Labute approximate surface area is 134 Å². The number of furan rings is 1. The van der Waals surface area contributed by atoms with E-state index in [0.29, 0.717) is 31.7 Å². The Morgan fingerprint density at radius 3 is 3.09 bits per heavy atom. The summed E-state index contributed by atoms with van der Waals surface area (Å²) in [5, 5.41) is 7.03. The van der Waals surface area contributed by atoms with Crippen LogP contribution in [0.3, 0.4) is 0 Å². The monoisotopic (exact) mass is 316 g/mol. The van der Waals surface area contributed by atoms with Crippen LogP contribution in [0.4, 0.5) is 0 Å². The van der Waals surface area contributed by atoms with Crippen LogP contribution in [0.15, 0.2) is 41.3 Å². The number of rotatable bonds is 7. The predicted octanol–water partition coefficient (Wildman–Crippen LogP) is 1.17. The molecule has 0 radical (unpaired) electrons. The summed E-state index contributed by atoms with van der Waals surface area (Å²) in [6, 6.07) is 5.05. The van der Waals surface area contributed by atoms with Crippen LogP contribution in [-0.4, -0.2) is 39.1 Å². The topological polar surface area (TPSA) is 80.4 Å². The third kappa shape index (κ3) is 3.80. The zero-order valence-electron chi connectivity index (χ0n) is 12.9. The molecule has 1 fully saturated rings. The number of likely N-dealkylation sites (tertiary alicyclic amines) is 1. The van der Waals surface area contributed by atoms with Crippen LogP contribution in [0.5, 0.6) is 0 Å². The van der Waals surface area contributed by atoms with E-state index in [1.54, 1.807) is 23.4 Å². The van der Waals surface area contributed by atoms with E-state index in [1.807, 2.05) is 23.0 Å². The van der Waals surface area contributed by atoms with E-state index in [0.717, 1.165) is 13.0 Å². The van der Waals surface area contributed by atoms with Gasteiger partial charge in [0.25, 0.3) is 0 Å². The van der Waals surface area contributed by atoms with E-state index in [2.05, 4.69) is 10.4 Å². The fourth-order valence-electron chi connectivity index (χ4n) is 2.78. The first-order valence-corrected chi connectivity index (χ1v) is 7.81. The first-order valence-electron chi connectivity index (χ1n) is 7.81. The van der Waals surface area contributed by atoms with Crippen LogP contribution in [0.2, 0.25) is 0 Å². The van der Waals surface area contributed by atoms with E-state index in [1.165, 1.54) is 0 Å². The van der Waals surface area contributed by atoms with Gasteiger partial charge in [-0.05, 0) is 31.0 Å². The molecule has 23 heavy (non-hydrogen) atoms. The maximum Gasteiger partial charge on any atom is 0.242 e. The van der Waals surface area contributed by atoms with Gasteiger partial charge in [0.15, 0.2) is 0 Å². The molecule has 7 nitrogen and oxygen atoms in total. The summed E-state index contributed by atoms with van der Waals surface area (Å²) in [4.78, 5) is 25.9. The highest BCUT2D eigenvalue weighted by atomic mass is 16.3. The SMILES string of the molecule is O=C(NCCCn1cccn1)C1CCC(=O)N1Cc1ccco1. The minimum atomic E-state index is -0.405. The Hall–Kier alpha value is -2.57. The predicted molar refractivity (Wildman–Crippen MR) is 82.1 cm³/mol. The molecule has 3 heterocycles. The summed E-state index contributed by atoms with van der Waals surface area (Å²) in [7, 11) is 0. The largest absolute Gasteiger partial charge is 0.467 e. The molecule has 0 bridgehead atoms. The second kappa shape index (κ2) is 7.13. The number of hydrogen-bond acceptors (Lipinski definition) is 4. The molecule has 1 unspecified atom stereocenters. The molecule has 2 aromatic rings. The molecule has 0 spiro atoms. The smallest absolute Gasteiger partial charge is 0.242 e. The summed E-state index contributed by atoms with van der Waals surface area (Å²) in [5.41, 5.74) is 0. The molecule has 1 N–H and O–H groups in total. The van der Waals surface area contributed by atoms with Gasteiger partial charge in [-0.3, -0.25) is 14.3 Å². The molecule has 0 aliphatic carbocycles. The van der Waals surface area contributed by atoms with Crippen molar-refractivity contribution in [3.05, 3.63) is 42.6 Å². The van der Waals surface area contributed by atoms with E-state index >= 15 is 0 Å².